The predicted molar refractivity (Wildman–Crippen MR) is 203 cm³/mol. The molecule has 0 spiro atoms. The number of hydrogen-bond acceptors (Lipinski definition) is 10. The summed E-state index contributed by atoms with van der Waals surface area (Å²) < 4.78 is 42.3. The third-order valence-corrected chi connectivity index (χ3v) is 12.3. The maximum absolute atomic E-state index is 15.3. The second-order valence-electron chi connectivity index (χ2n) is 15.3. The van der Waals surface area contributed by atoms with Crippen molar-refractivity contribution in [2.75, 3.05) is 56.7 Å². The first kappa shape index (κ1) is 37.8. The quantitative estimate of drug-likeness (QED) is 0.181. The third-order valence-electron chi connectivity index (χ3n) is 12.3. The number of fused-ring (bicyclic) bond motifs is 2. The van der Waals surface area contributed by atoms with E-state index in [-0.39, 0.29) is 55.4 Å². The van der Waals surface area contributed by atoms with Gasteiger partial charge >= 0.3 is 6.01 Å². The number of nitrogens with zero attached hydrogens (tertiary/aromatic N) is 5. The fourth-order valence-electron chi connectivity index (χ4n) is 9.23. The fourth-order valence-corrected chi connectivity index (χ4v) is 9.23. The van der Waals surface area contributed by atoms with Crippen molar-refractivity contribution >= 4 is 28.2 Å². The molecule has 3 atom stereocenters. The molecule has 3 aliphatic heterocycles. The molecule has 4 aliphatic rings. The number of aliphatic hydroxyl groups is 1. The van der Waals surface area contributed by atoms with Gasteiger partial charge in [-0.15, -0.1) is 6.42 Å². The zero-order valence-electron chi connectivity index (χ0n) is 31.1. The van der Waals surface area contributed by atoms with Crippen molar-refractivity contribution in [3.05, 3.63) is 59.6 Å². The minimum atomic E-state index is -1.13. The van der Waals surface area contributed by atoms with Gasteiger partial charge in [0.15, 0.2) is 0 Å². The normalized spacial score (nSPS) is 23.5. The molecule has 2 saturated heterocycles. The van der Waals surface area contributed by atoms with Gasteiger partial charge in [0.1, 0.15) is 30.2 Å². The Balaban J connectivity index is 1.25. The van der Waals surface area contributed by atoms with Gasteiger partial charge in [-0.1, -0.05) is 31.4 Å². The van der Waals surface area contributed by atoms with Gasteiger partial charge in [-0.2, -0.15) is 9.97 Å². The molecule has 13 heteroatoms. The van der Waals surface area contributed by atoms with Crippen LogP contribution in [0.5, 0.6) is 11.8 Å². The van der Waals surface area contributed by atoms with Crippen molar-refractivity contribution in [3.8, 4) is 24.1 Å². The number of aliphatic hydroxyl groups excluding tert-OH is 1. The molecule has 1 aliphatic carbocycles. The van der Waals surface area contributed by atoms with E-state index in [0.717, 1.165) is 44.1 Å². The van der Waals surface area contributed by atoms with Crippen LogP contribution in [0.4, 0.5) is 20.3 Å². The summed E-state index contributed by atoms with van der Waals surface area (Å²) in [6.07, 6.45) is 10.8. The number of benzene rings is 2. The molecule has 1 saturated carbocycles. The highest BCUT2D eigenvalue weighted by Crippen LogP contribution is 2.41. The minimum absolute atomic E-state index is 0.0206. The Kier molecular flexibility index (Phi) is 10.7. The second-order valence-corrected chi connectivity index (χ2v) is 15.3. The molecule has 288 valence electrons. The Labute approximate surface area is 315 Å². The lowest BCUT2D eigenvalue weighted by atomic mass is 9.88. The smallest absolute Gasteiger partial charge is 0.318 e. The van der Waals surface area contributed by atoms with E-state index < -0.39 is 29.2 Å². The van der Waals surface area contributed by atoms with Gasteiger partial charge < -0.3 is 34.8 Å². The van der Waals surface area contributed by atoms with Crippen molar-refractivity contribution in [3.63, 3.8) is 0 Å². The Bertz CT molecular complexity index is 1940. The van der Waals surface area contributed by atoms with Gasteiger partial charge in [-0.25, -0.2) is 8.78 Å². The van der Waals surface area contributed by atoms with Crippen LogP contribution in [0.2, 0.25) is 0 Å². The van der Waals surface area contributed by atoms with Crippen molar-refractivity contribution in [1.82, 2.24) is 19.8 Å². The summed E-state index contributed by atoms with van der Waals surface area (Å²) in [4.78, 5) is 28.5. The van der Waals surface area contributed by atoms with Crippen molar-refractivity contribution in [2.45, 2.75) is 94.2 Å². The van der Waals surface area contributed by atoms with E-state index in [1.54, 1.807) is 30.0 Å². The van der Waals surface area contributed by atoms with E-state index in [1.165, 1.54) is 12.1 Å². The van der Waals surface area contributed by atoms with E-state index in [1.807, 2.05) is 11.9 Å². The molecule has 1 aromatic heterocycles. The molecule has 1 amide bonds. The van der Waals surface area contributed by atoms with Crippen LogP contribution in [-0.2, 0) is 22.5 Å². The third kappa shape index (κ3) is 6.95. The van der Waals surface area contributed by atoms with Crippen LogP contribution in [0.25, 0.3) is 10.8 Å². The van der Waals surface area contributed by atoms with Gasteiger partial charge in [-0.05, 0) is 62.6 Å². The molecule has 0 unspecified atom stereocenters. The van der Waals surface area contributed by atoms with E-state index >= 15 is 8.78 Å². The molecule has 0 radical (unpaired) electrons. The highest BCUT2D eigenvalue weighted by molar-refractivity contribution is 6.00. The number of anilines is 2. The van der Waals surface area contributed by atoms with Crippen LogP contribution in [0.15, 0.2) is 36.9 Å². The van der Waals surface area contributed by atoms with E-state index in [0.29, 0.717) is 60.7 Å². The zero-order chi connectivity index (χ0) is 38.2. The number of aromatic hydroxyl groups is 1. The van der Waals surface area contributed by atoms with Gasteiger partial charge in [0.05, 0.1) is 35.0 Å². The summed E-state index contributed by atoms with van der Waals surface area (Å²) in [7, 11) is 1.81. The minimum Gasteiger partial charge on any atom is -0.508 e. The standard InChI is InChI=1S/C41H50F2N6O5/c1-5-31-33(43)10-9-27-19-30(51)20-35(37(27)31)48-16-11-32-34(23-48)45-39(46-38(32)44-24-40(14-7-8-15-40)47(4)36(52)6-2)54-25-41(26(3)50)21-28(42)22-49(41)29-12-17-53-18-13-29/h1,6,9-10,19-20,26,28-29,50-51H,2,7-8,11-18,21-25H2,3-4H3,(H,44,45,46)/t26-,28+,41-/m0/s1. The van der Waals surface area contributed by atoms with Crippen molar-refractivity contribution < 1.29 is 33.3 Å². The Hall–Kier alpha value is -4.51. The lowest BCUT2D eigenvalue weighted by molar-refractivity contribution is -0.129. The largest absolute Gasteiger partial charge is 0.508 e. The molecular formula is C41H50F2N6O5. The number of phenolic OH excluding ortho intramolecular Hbond substituents is 1. The average Bonchev–Trinajstić information content (AvgIpc) is 3.81. The van der Waals surface area contributed by atoms with Crippen LogP contribution in [-0.4, -0.2) is 112 Å². The maximum atomic E-state index is 15.3. The van der Waals surface area contributed by atoms with E-state index in [4.69, 9.17) is 25.9 Å². The van der Waals surface area contributed by atoms with Crippen LogP contribution >= 0.6 is 0 Å². The predicted octanol–water partition coefficient (Wildman–Crippen LogP) is 5.11. The van der Waals surface area contributed by atoms with Gasteiger partial charge in [0.25, 0.3) is 0 Å². The summed E-state index contributed by atoms with van der Waals surface area (Å²) in [6, 6.07) is 6.17. The molecule has 3 N–H and O–H groups in total. The molecule has 11 nitrogen and oxygen atoms in total. The van der Waals surface area contributed by atoms with E-state index in [9.17, 15) is 15.0 Å². The number of phenols is 1. The molecule has 2 aromatic carbocycles. The lowest BCUT2D eigenvalue weighted by Crippen LogP contribution is -2.60. The summed E-state index contributed by atoms with van der Waals surface area (Å²) in [5.74, 6) is 2.41. The zero-order valence-corrected chi connectivity index (χ0v) is 31.1. The monoisotopic (exact) mass is 744 g/mol. The number of terminal acetylenes is 1. The SMILES string of the molecule is C#Cc1c(F)ccc2cc(O)cc(N3CCc4c(nc(OC[C@]5([C@H](C)O)C[C@@H](F)CN5C5CCOCC5)nc4NCC4(N(C)C(=O)C=C)CCCC4)C3)c12. The van der Waals surface area contributed by atoms with Crippen LogP contribution in [0, 0.1) is 18.2 Å². The average molecular weight is 745 g/mol. The van der Waals surface area contributed by atoms with Crippen molar-refractivity contribution in [2.24, 2.45) is 0 Å². The molecule has 3 aromatic rings. The first-order valence-corrected chi connectivity index (χ1v) is 19.0. The number of hydrogen-bond donors (Lipinski definition) is 3. The second kappa shape index (κ2) is 15.3. The highest BCUT2D eigenvalue weighted by atomic mass is 19.1. The topological polar surface area (TPSA) is 124 Å². The van der Waals surface area contributed by atoms with Gasteiger partial charge in [0.2, 0.25) is 5.91 Å². The first-order valence-electron chi connectivity index (χ1n) is 19.0. The molecule has 0 bridgehead atoms. The fraction of sp³-hybridized carbons (Fsp3) is 0.537. The van der Waals surface area contributed by atoms with Crippen LogP contribution in [0.3, 0.4) is 0 Å². The first-order chi connectivity index (χ1) is 26.0. The maximum Gasteiger partial charge on any atom is 0.318 e. The summed E-state index contributed by atoms with van der Waals surface area (Å²) in [6.45, 7) is 7.90. The number of likely N-dealkylation sites (tertiary alicyclic amines) is 1. The Morgan fingerprint density at radius 2 is 2.04 bits per heavy atom. The Morgan fingerprint density at radius 1 is 1.28 bits per heavy atom. The number of aromatic nitrogens is 2. The molecule has 7 rings (SSSR count). The van der Waals surface area contributed by atoms with E-state index in [2.05, 4.69) is 22.7 Å². The number of alkyl halides is 1. The number of carbonyl (C=O) groups excluding carboxylic acids is 1. The highest BCUT2D eigenvalue weighted by Gasteiger charge is 2.53. The van der Waals surface area contributed by atoms with Crippen LogP contribution < -0.4 is 15.0 Å². The van der Waals surface area contributed by atoms with Crippen LogP contribution in [0.1, 0.15) is 68.7 Å². The van der Waals surface area contributed by atoms with Gasteiger partial charge in [0, 0.05) is 75.1 Å². The number of rotatable bonds is 11. The van der Waals surface area contributed by atoms with Gasteiger partial charge in [-0.3, -0.25) is 9.69 Å². The molecular weight excluding hydrogens is 694 g/mol. The number of halogens is 2. The summed E-state index contributed by atoms with van der Waals surface area (Å²) in [5.41, 5.74) is 0.772. The lowest BCUT2D eigenvalue weighted by Gasteiger charge is -2.45. The molecule has 54 heavy (non-hydrogen) atoms. The number of ether oxygens (including phenoxy) is 2. The number of amides is 1. The molecule has 3 fully saturated rings. The number of likely N-dealkylation sites (N-methyl/N-ethyl adjacent to an activating group) is 1. The van der Waals surface area contributed by atoms with Crippen molar-refractivity contribution in [1.29, 1.82) is 0 Å². The number of nitrogens with one attached hydrogen (secondary N) is 1. The Morgan fingerprint density at radius 3 is 2.74 bits per heavy atom. The summed E-state index contributed by atoms with van der Waals surface area (Å²) >= 11 is 0. The molecule has 4 heterocycles. The summed E-state index contributed by atoms with van der Waals surface area (Å²) in [5, 5.41) is 26.7. The number of carbonyl (C=O) groups is 1.